The van der Waals surface area contributed by atoms with E-state index in [0.717, 1.165) is 10.9 Å². The number of rotatable bonds is 2. The predicted octanol–water partition coefficient (Wildman–Crippen LogP) is 5.23. The zero-order chi connectivity index (χ0) is 11.9. The van der Waals surface area contributed by atoms with Crippen molar-refractivity contribution in [3.8, 4) is 0 Å². The summed E-state index contributed by atoms with van der Waals surface area (Å²) in [7, 11) is 0. The Morgan fingerprint density at radius 2 is 1.81 bits per heavy atom. The van der Waals surface area contributed by atoms with E-state index in [-0.39, 0.29) is 0 Å². The van der Waals surface area contributed by atoms with Crippen LogP contribution >= 0.6 is 23.2 Å². The lowest BCUT2D eigenvalue weighted by atomic mass is 9.90. The molecule has 2 aromatic rings. The number of benzene rings is 1. The maximum Gasteiger partial charge on any atom is 0.0661 e. The Hall–Kier alpha value is -0.660. The van der Waals surface area contributed by atoms with Crippen LogP contribution in [-0.2, 0) is 0 Å². The van der Waals surface area contributed by atoms with Crippen LogP contribution in [0.5, 0.6) is 0 Å². The van der Waals surface area contributed by atoms with E-state index in [1.54, 1.807) is 6.07 Å². The van der Waals surface area contributed by atoms with Crippen LogP contribution in [0, 0.1) is 5.92 Å². The summed E-state index contributed by atoms with van der Waals surface area (Å²) in [5.74, 6) is 1.08. The molecule has 0 fully saturated rings. The molecule has 1 heterocycles. The van der Waals surface area contributed by atoms with Crippen molar-refractivity contribution in [3.05, 3.63) is 33.9 Å². The summed E-state index contributed by atoms with van der Waals surface area (Å²) in [6.07, 6.45) is 2.04. The Morgan fingerprint density at radius 1 is 1.12 bits per heavy atom. The Balaban J connectivity index is 2.64. The van der Waals surface area contributed by atoms with Crippen molar-refractivity contribution in [2.75, 3.05) is 0 Å². The lowest BCUT2D eigenvalue weighted by Crippen LogP contribution is -2.00. The highest BCUT2D eigenvalue weighted by molar-refractivity contribution is 6.38. The first-order valence-corrected chi connectivity index (χ1v) is 6.22. The highest BCUT2D eigenvalue weighted by atomic mass is 35.5. The van der Waals surface area contributed by atoms with Crippen LogP contribution < -0.4 is 0 Å². The van der Waals surface area contributed by atoms with Gasteiger partial charge in [-0.15, -0.1) is 0 Å². The van der Waals surface area contributed by atoms with E-state index in [1.807, 2.05) is 12.3 Å². The Bertz CT molecular complexity index is 514. The molecule has 0 saturated carbocycles. The third kappa shape index (κ3) is 1.94. The second-order valence-electron chi connectivity index (χ2n) is 4.59. The van der Waals surface area contributed by atoms with Gasteiger partial charge in [0, 0.05) is 16.6 Å². The smallest absolute Gasteiger partial charge is 0.0661 e. The van der Waals surface area contributed by atoms with Gasteiger partial charge in [0.1, 0.15) is 0 Å². The number of fused-ring (bicyclic) bond motifs is 1. The lowest BCUT2D eigenvalue weighted by molar-refractivity contribution is 0.538. The van der Waals surface area contributed by atoms with Gasteiger partial charge < -0.3 is 4.98 Å². The number of H-pyrrole nitrogens is 1. The normalized spacial score (nSPS) is 13.6. The molecule has 1 aromatic carbocycles. The largest absolute Gasteiger partial charge is 0.360 e. The lowest BCUT2D eigenvalue weighted by Gasteiger charge is -2.14. The molecule has 0 saturated heterocycles. The molecule has 0 aliphatic heterocycles. The minimum Gasteiger partial charge on any atom is -0.360 e. The van der Waals surface area contributed by atoms with E-state index in [0.29, 0.717) is 21.9 Å². The molecule has 1 N–H and O–H groups in total. The zero-order valence-electron chi connectivity index (χ0n) is 9.64. The number of hydrogen-bond donors (Lipinski definition) is 1. The van der Waals surface area contributed by atoms with Gasteiger partial charge in [-0.1, -0.05) is 44.0 Å². The van der Waals surface area contributed by atoms with E-state index >= 15 is 0 Å². The fourth-order valence-electron chi connectivity index (χ4n) is 1.91. The van der Waals surface area contributed by atoms with Crippen LogP contribution in [0.3, 0.4) is 0 Å². The second kappa shape index (κ2) is 4.31. The molecule has 86 valence electrons. The maximum absolute atomic E-state index is 6.14. The van der Waals surface area contributed by atoms with Crippen molar-refractivity contribution in [2.24, 2.45) is 5.92 Å². The number of hydrogen-bond acceptors (Lipinski definition) is 0. The van der Waals surface area contributed by atoms with Crippen LogP contribution in [0.25, 0.3) is 10.9 Å². The first-order valence-electron chi connectivity index (χ1n) is 5.46. The molecular weight excluding hydrogens is 241 g/mol. The summed E-state index contributed by atoms with van der Waals surface area (Å²) in [5, 5.41) is 2.51. The summed E-state index contributed by atoms with van der Waals surface area (Å²) in [4.78, 5) is 3.23. The minimum absolute atomic E-state index is 0.489. The van der Waals surface area contributed by atoms with Gasteiger partial charge in [0.2, 0.25) is 0 Å². The van der Waals surface area contributed by atoms with E-state index in [9.17, 15) is 0 Å². The first kappa shape index (κ1) is 11.8. The average molecular weight is 256 g/mol. The van der Waals surface area contributed by atoms with Crippen molar-refractivity contribution in [2.45, 2.75) is 26.7 Å². The molecule has 0 amide bonds. The van der Waals surface area contributed by atoms with Crippen LogP contribution in [0.15, 0.2) is 18.3 Å². The summed E-state index contributed by atoms with van der Waals surface area (Å²) < 4.78 is 0. The fraction of sp³-hybridized carbons (Fsp3) is 0.385. The molecule has 0 aliphatic carbocycles. The van der Waals surface area contributed by atoms with Gasteiger partial charge in [-0.25, -0.2) is 0 Å². The summed E-state index contributed by atoms with van der Waals surface area (Å²) in [6, 6.07) is 3.75. The summed E-state index contributed by atoms with van der Waals surface area (Å²) in [6.45, 7) is 6.66. The molecule has 1 atom stereocenters. The van der Waals surface area contributed by atoms with Gasteiger partial charge in [-0.3, -0.25) is 0 Å². The van der Waals surface area contributed by atoms with E-state index in [1.165, 1.54) is 5.56 Å². The van der Waals surface area contributed by atoms with Gasteiger partial charge >= 0.3 is 0 Å². The SMILES string of the molecule is CC(C)C(C)c1c[nH]c2c(Cl)cc(Cl)cc12. The summed E-state index contributed by atoms with van der Waals surface area (Å²) >= 11 is 12.2. The van der Waals surface area contributed by atoms with E-state index in [4.69, 9.17) is 23.2 Å². The Kier molecular flexibility index (Phi) is 3.18. The molecule has 3 heteroatoms. The zero-order valence-corrected chi connectivity index (χ0v) is 11.2. The number of aromatic amines is 1. The Labute approximate surface area is 106 Å². The number of aromatic nitrogens is 1. The number of halogens is 2. The molecule has 1 nitrogen and oxygen atoms in total. The third-order valence-electron chi connectivity index (χ3n) is 3.23. The van der Waals surface area contributed by atoms with Crippen molar-refractivity contribution < 1.29 is 0 Å². The predicted molar refractivity (Wildman–Crippen MR) is 71.6 cm³/mol. The highest BCUT2D eigenvalue weighted by Crippen LogP contribution is 2.35. The standard InChI is InChI=1S/C13H15Cl2N/c1-7(2)8(3)11-6-16-13-10(11)4-9(14)5-12(13)15/h4-8,16H,1-3H3. The first-order chi connectivity index (χ1) is 7.50. The summed E-state index contributed by atoms with van der Waals surface area (Å²) in [5.41, 5.74) is 2.27. The number of nitrogens with one attached hydrogen (secondary N) is 1. The molecule has 2 rings (SSSR count). The molecule has 0 aliphatic rings. The Morgan fingerprint density at radius 3 is 2.44 bits per heavy atom. The highest BCUT2D eigenvalue weighted by Gasteiger charge is 2.16. The molecule has 0 spiro atoms. The van der Waals surface area contributed by atoms with Gasteiger partial charge in [-0.05, 0) is 29.5 Å². The van der Waals surface area contributed by atoms with Crippen molar-refractivity contribution in [1.82, 2.24) is 4.98 Å². The van der Waals surface area contributed by atoms with Crippen LogP contribution in [0.2, 0.25) is 10.0 Å². The second-order valence-corrected chi connectivity index (χ2v) is 5.43. The third-order valence-corrected chi connectivity index (χ3v) is 3.74. The average Bonchev–Trinajstić information content (AvgIpc) is 2.60. The maximum atomic E-state index is 6.14. The molecule has 0 radical (unpaired) electrons. The topological polar surface area (TPSA) is 15.8 Å². The fourth-order valence-corrected chi connectivity index (χ4v) is 2.46. The van der Waals surface area contributed by atoms with Crippen molar-refractivity contribution >= 4 is 34.1 Å². The minimum atomic E-state index is 0.489. The molecule has 16 heavy (non-hydrogen) atoms. The quantitative estimate of drug-likeness (QED) is 0.756. The van der Waals surface area contributed by atoms with Gasteiger partial charge in [-0.2, -0.15) is 0 Å². The van der Waals surface area contributed by atoms with Crippen molar-refractivity contribution in [3.63, 3.8) is 0 Å². The van der Waals surface area contributed by atoms with Gasteiger partial charge in [0.25, 0.3) is 0 Å². The monoisotopic (exact) mass is 255 g/mol. The van der Waals surface area contributed by atoms with Crippen LogP contribution in [0.4, 0.5) is 0 Å². The van der Waals surface area contributed by atoms with E-state index in [2.05, 4.69) is 25.8 Å². The van der Waals surface area contributed by atoms with Gasteiger partial charge in [0.15, 0.2) is 0 Å². The molecule has 0 bridgehead atoms. The van der Waals surface area contributed by atoms with Gasteiger partial charge in [0.05, 0.1) is 10.5 Å². The van der Waals surface area contributed by atoms with E-state index < -0.39 is 0 Å². The molecular formula is C13H15Cl2N. The van der Waals surface area contributed by atoms with Crippen LogP contribution in [0.1, 0.15) is 32.3 Å². The van der Waals surface area contributed by atoms with Crippen molar-refractivity contribution in [1.29, 1.82) is 0 Å². The molecule has 1 unspecified atom stereocenters. The molecule has 1 aromatic heterocycles. The van der Waals surface area contributed by atoms with Crippen LogP contribution in [-0.4, -0.2) is 4.98 Å².